The molecular formula is C27H25N5O. The van der Waals surface area contributed by atoms with Gasteiger partial charge in [0.2, 0.25) is 0 Å². The molecule has 1 aliphatic heterocycles. The topological polar surface area (TPSA) is 63.1 Å². The van der Waals surface area contributed by atoms with Crippen LogP contribution in [0.2, 0.25) is 0 Å². The van der Waals surface area contributed by atoms with E-state index < -0.39 is 0 Å². The van der Waals surface area contributed by atoms with Crippen molar-refractivity contribution in [2.24, 2.45) is 0 Å². The molecule has 2 aromatic carbocycles. The minimum Gasteiger partial charge on any atom is -0.369 e. The van der Waals surface area contributed by atoms with Crippen LogP contribution in [-0.2, 0) is 6.42 Å². The van der Waals surface area contributed by atoms with Crippen molar-refractivity contribution in [1.29, 1.82) is 0 Å². The average molecular weight is 436 g/mol. The van der Waals surface area contributed by atoms with Crippen molar-refractivity contribution in [1.82, 2.24) is 20.1 Å². The van der Waals surface area contributed by atoms with Crippen LogP contribution in [0.15, 0.2) is 73.2 Å². The molecule has 2 aliphatic rings. The molecule has 0 saturated carbocycles. The number of piperazine rings is 1. The van der Waals surface area contributed by atoms with Gasteiger partial charge in [-0.1, -0.05) is 18.2 Å². The molecule has 4 aromatic rings. The highest BCUT2D eigenvalue weighted by atomic mass is 16.1. The number of Topliss-reactive ketones (excluding diaryl/α,β-unsaturated/α-hetero) is 1. The predicted octanol–water partition coefficient (Wildman–Crippen LogP) is 4.14. The summed E-state index contributed by atoms with van der Waals surface area (Å²) in [6.45, 7) is 4.09. The van der Waals surface area contributed by atoms with E-state index in [4.69, 9.17) is 5.10 Å². The summed E-state index contributed by atoms with van der Waals surface area (Å²) in [5.74, 6) is 0.242. The number of ketones is 1. The van der Waals surface area contributed by atoms with Gasteiger partial charge in [0, 0.05) is 73.6 Å². The molecule has 1 aliphatic carbocycles. The molecule has 0 spiro atoms. The van der Waals surface area contributed by atoms with Crippen LogP contribution in [-0.4, -0.2) is 46.7 Å². The lowest BCUT2D eigenvalue weighted by Gasteiger charge is -2.29. The van der Waals surface area contributed by atoms with Gasteiger partial charge in [-0.3, -0.25) is 9.78 Å². The third kappa shape index (κ3) is 3.72. The summed E-state index contributed by atoms with van der Waals surface area (Å²) in [6, 6.07) is 18.8. The molecule has 6 nitrogen and oxygen atoms in total. The van der Waals surface area contributed by atoms with Gasteiger partial charge < -0.3 is 10.2 Å². The van der Waals surface area contributed by atoms with Gasteiger partial charge in [0.25, 0.3) is 0 Å². The molecule has 1 fully saturated rings. The van der Waals surface area contributed by atoms with Crippen LogP contribution >= 0.6 is 0 Å². The maximum absolute atomic E-state index is 12.1. The summed E-state index contributed by atoms with van der Waals surface area (Å²) >= 11 is 0. The Labute approximate surface area is 192 Å². The summed E-state index contributed by atoms with van der Waals surface area (Å²) in [5, 5.41) is 8.38. The zero-order valence-corrected chi connectivity index (χ0v) is 18.4. The number of carbonyl (C=O) groups excluding carboxylic acids is 1. The number of nitrogens with one attached hydrogen (secondary N) is 1. The minimum atomic E-state index is 0.242. The SMILES string of the molecule is O=C1CCc2cc(-c3cn(-c4ccc(N5CCNCC5)cc4)nc3-c3ccncc3)ccc21. The normalized spacial score (nSPS) is 15.6. The second-order valence-corrected chi connectivity index (χ2v) is 8.62. The fourth-order valence-electron chi connectivity index (χ4n) is 4.80. The van der Waals surface area contributed by atoms with Crippen molar-refractivity contribution in [2.45, 2.75) is 12.8 Å². The quantitative estimate of drug-likeness (QED) is 0.522. The number of aromatic nitrogens is 3. The fraction of sp³-hybridized carbons (Fsp3) is 0.222. The van der Waals surface area contributed by atoms with Gasteiger partial charge in [0.1, 0.15) is 5.69 Å². The maximum atomic E-state index is 12.1. The number of benzene rings is 2. The summed E-state index contributed by atoms with van der Waals surface area (Å²) in [4.78, 5) is 18.7. The molecule has 3 heterocycles. The highest BCUT2D eigenvalue weighted by molar-refractivity contribution is 6.01. The fourth-order valence-corrected chi connectivity index (χ4v) is 4.80. The van der Waals surface area contributed by atoms with Crippen LogP contribution in [0.4, 0.5) is 5.69 Å². The summed E-state index contributed by atoms with van der Waals surface area (Å²) in [7, 11) is 0. The Morgan fingerprint density at radius 2 is 1.55 bits per heavy atom. The highest BCUT2D eigenvalue weighted by Gasteiger charge is 2.21. The first kappa shape index (κ1) is 19.9. The van der Waals surface area contributed by atoms with Crippen LogP contribution in [0.3, 0.4) is 0 Å². The molecule has 6 heteroatoms. The van der Waals surface area contributed by atoms with Crippen molar-refractivity contribution < 1.29 is 4.79 Å². The molecule has 6 rings (SSSR count). The first-order valence-electron chi connectivity index (χ1n) is 11.5. The Bertz CT molecular complexity index is 1300. The number of hydrogen-bond donors (Lipinski definition) is 1. The van der Waals surface area contributed by atoms with E-state index in [-0.39, 0.29) is 5.78 Å². The number of nitrogens with zero attached hydrogens (tertiary/aromatic N) is 4. The minimum absolute atomic E-state index is 0.242. The van der Waals surface area contributed by atoms with Crippen molar-refractivity contribution in [3.05, 3.63) is 84.3 Å². The van der Waals surface area contributed by atoms with Crippen molar-refractivity contribution in [3.63, 3.8) is 0 Å². The molecule has 164 valence electrons. The summed E-state index contributed by atoms with van der Waals surface area (Å²) in [6.07, 6.45) is 7.10. The molecule has 0 radical (unpaired) electrons. The Morgan fingerprint density at radius 3 is 2.33 bits per heavy atom. The van der Waals surface area contributed by atoms with Gasteiger partial charge in [0.05, 0.1) is 5.69 Å². The van der Waals surface area contributed by atoms with Gasteiger partial charge in [-0.25, -0.2) is 4.68 Å². The standard InChI is InChI=1S/C27H25N5O/c33-26-8-2-20-17-21(1-7-24(20)26)25-18-32(30-27(25)19-9-11-28-12-10-19)23-5-3-22(4-6-23)31-15-13-29-14-16-31/h1,3-7,9-12,17-18,29H,2,8,13-16H2. The molecule has 2 aromatic heterocycles. The molecule has 1 N–H and O–H groups in total. The summed E-state index contributed by atoms with van der Waals surface area (Å²) in [5.41, 5.74) is 8.32. The molecule has 0 atom stereocenters. The zero-order chi connectivity index (χ0) is 22.2. The second kappa shape index (κ2) is 8.30. The van der Waals surface area contributed by atoms with Crippen molar-refractivity contribution in [2.75, 3.05) is 31.1 Å². The average Bonchev–Trinajstić information content (AvgIpc) is 3.49. The number of hydrogen-bond acceptors (Lipinski definition) is 5. The Balaban J connectivity index is 1.40. The first-order valence-corrected chi connectivity index (χ1v) is 11.5. The lowest BCUT2D eigenvalue weighted by molar-refractivity contribution is 0.0994. The zero-order valence-electron chi connectivity index (χ0n) is 18.4. The Hall–Kier alpha value is -3.77. The summed E-state index contributed by atoms with van der Waals surface area (Å²) < 4.78 is 1.95. The van der Waals surface area contributed by atoms with Gasteiger partial charge in [-0.15, -0.1) is 0 Å². The van der Waals surface area contributed by atoms with Gasteiger partial charge in [-0.05, 0) is 53.9 Å². The lowest BCUT2D eigenvalue weighted by Crippen LogP contribution is -2.43. The van der Waals surface area contributed by atoms with Gasteiger partial charge in [-0.2, -0.15) is 5.10 Å². The van der Waals surface area contributed by atoms with Gasteiger partial charge >= 0.3 is 0 Å². The maximum Gasteiger partial charge on any atom is 0.163 e. The number of fused-ring (bicyclic) bond motifs is 1. The molecular weight excluding hydrogens is 410 g/mol. The smallest absolute Gasteiger partial charge is 0.163 e. The number of pyridine rings is 1. The first-order chi connectivity index (χ1) is 16.3. The van der Waals surface area contributed by atoms with Crippen molar-refractivity contribution >= 4 is 11.5 Å². The third-order valence-corrected chi connectivity index (χ3v) is 6.60. The highest BCUT2D eigenvalue weighted by Crippen LogP contribution is 2.35. The molecule has 33 heavy (non-hydrogen) atoms. The van der Waals surface area contributed by atoms with Crippen LogP contribution in [0.5, 0.6) is 0 Å². The largest absolute Gasteiger partial charge is 0.369 e. The van der Waals surface area contributed by atoms with E-state index in [1.54, 1.807) is 12.4 Å². The molecule has 0 amide bonds. The van der Waals surface area contributed by atoms with Crippen LogP contribution < -0.4 is 10.2 Å². The van der Waals surface area contributed by atoms with E-state index in [0.29, 0.717) is 6.42 Å². The predicted molar refractivity (Wildman–Crippen MR) is 130 cm³/mol. The van der Waals surface area contributed by atoms with Crippen LogP contribution in [0, 0.1) is 0 Å². The Morgan fingerprint density at radius 1 is 0.788 bits per heavy atom. The number of aryl methyl sites for hydroxylation is 1. The van der Waals surface area contributed by atoms with Crippen molar-refractivity contribution in [3.8, 4) is 28.1 Å². The number of rotatable bonds is 4. The lowest BCUT2D eigenvalue weighted by atomic mass is 9.98. The van der Waals surface area contributed by atoms with E-state index in [2.05, 4.69) is 51.7 Å². The number of carbonyl (C=O) groups is 1. The monoisotopic (exact) mass is 435 g/mol. The number of anilines is 1. The van der Waals surface area contributed by atoms with Gasteiger partial charge in [0.15, 0.2) is 5.78 Å². The van der Waals surface area contributed by atoms with Crippen LogP contribution in [0.1, 0.15) is 22.3 Å². The van der Waals surface area contributed by atoms with E-state index in [1.165, 1.54) is 5.69 Å². The van der Waals surface area contributed by atoms with E-state index in [9.17, 15) is 4.79 Å². The second-order valence-electron chi connectivity index (χ2n) is 8.62. The molecule has 0 bridgehead atoms. The van der Waals surface area contributed by atoms with Crippen LogP contribution in [0.25, 0.3) is 28.1 Å². The van der Waals surface area contributed by atoms with E-state index in [0.717, 1.165) is 71.8 Å². The van der Waals surface area contributed by atoms with E-state index >= 15 is 0 Å². The van der Waals surface area contributed by atoms with E-state index in [1.807, 2.05) is 28.9 Å². The molecule has 0 unspecified atom stereocenters. The Kier molecular flexibility index (Phi) is 5.00. The third-order valence-electron chi connectivity index (χ3n) is 6.60. The molecule has 1 saturated heterocycles.